The Kier molecular flexibility index (Phi) is 4.60. The molecule has 0 spiro atoms. The van der Waals surface area contributed by atoms with Gasteiger partial charge in [-0.15, -0.1) is 11.8 Å². The van der Waals surface area contributed by atoms with Crippen molar-refractivity contribution in [3.63, 3.8) is 0 Å². The number of urea groups is 1. The lowest BCUT2D eigenvalue weighted by atomic mass is 9.80. The molecule has 4 atom stereocenters. The second-order valence-electron chi connectivity index (χ2n) is 5.78. The smallest absolute Gasteiger partial charge is 0.327 e. The SMILES string of the molecule is CC1CCC(NC(=O)N2CSC[C@H]2C(=O)O)C(C)C1. The number of amides is 2. The molecule has 0 aromatic carbocycles. The van der Waals surface area contributed by atoms with Gasteiger partial charge in [0, 0.05) is 11.8 Å². The summed E-state index contributed by atoms with van der Waals surface area (Å²) in [7, 11) is 0. The monoisotopic (exact) mass is 286 g/mol. The fraction of sp³-hybridized carbons (Fsp3) is 0.846. The first-order chi connectivity index (χ1) is 8.99. The Morgan fingerprint density at radius 1 is 1.32 bits per heavy atom. The van der Waals surface area contributed by atoms with Crippen LogP contribution in [0.25, 0.3) is 0 Å². The lowest BCUT2D eigenvalue weighted by Crippen LogP contribution is -2.52. The van der Waals surface area contributed by atoms with Crippen LogP contribution < -0.4 is 5.32 Å². The fourth-order valence-electron chi connectivity index (χ4n) is 2.97. The van der Waals surface area contributed by atoms with Crippen LogP contribution in [0.4, 0.5) is 4.79 Å². The molecule has 2 rings (SSSR count). The molecule has 0 aromatic rings. The zero-order chi connectivity index (χ0) is 14.0. The largest absolute Gasteiger partial charge is 0.480 e. The molecule has 1 saturated carbocycles. The van der Waals surface area contributed by atoms with Gasteiger partial charge in [-0.3, -0.25) is 0 Å². The zero-order valence-corrected chi connectivity index (χ0v) is 12.3. The third-order valence-corrected chi connectivity index (χ3v) is 5.18. The van der Waals surface area contributed by atoms with Crippen LogP contribution >= 0.6 is 11.8 Å². The van der Waals surface area contributed by atoms with Crippen molar-refractivity contribution < 1.29 is 14.7 Å². The predicted molar refractivity (Wildman–Crippen MR) is 75.1 cm³/mol. The maximum absolute atomic E-state index is 12.2. The Morgan fingerprint density at radius 3 is 2.68 bits per heavy atom. The lowest BCUT2D eigenvalue weighted by molar-refractivity contribution is -0.140. The van der Waals surface area contributed by atoms with Crippen LogP contribution in [0, 0.1) is 11.8 Å². The molecular formula is C13H22N2O3S. The van der Waals surface area contributed by atoms with E-state index in [0.29, 0.717) is 17.5 Å². The number of thioether (sulfide) groups is 1. The predicted octanol–water partition coefficient (Wildman–Crippen LogP) is 1.98. The van der Waals surface area contributed by atoms with Gasteiger partial charge in [0.05, 0.1) is 5.88 Å². The molecule has 1 saturated heterocycles. The van der Waals surface area contributed by atoms with Crippen molar-refractivity contribution >= 4 is 23.8 Å². The number of rotatable bonds is 2. The molecule has 2 fully saturated rings. The number of aliphatic carboxylic acids is 1. The zero-order valence-electron chi connectivity index (χ0n) is 11.5. The van der Waals surface area contributed by atoms with Crippen LogP contribution in [0.5, 0.6) is 0 Å². The van der Waals surface area contributed by atoms with Crippen LogP contribution in [-0.2, 0) is 4.79 Å². The Hall–Kier alpha value is -0.910. The minimum Gasteiger partial charge on any atom is -0.480 e. The van der Waals surface area contributed by atoms with Gasteiger partial charge in [0.1, 0.15) is 6.04 Å². The minimum absolute atomic E-state index is 0.184. The molecule has 1 heterocycles. The number of hydrogen-bond donors (Lipinski definition) is 2. The van der Waals surface area contributed by atoms with Gasteiger partial charge in [0.15, 0.2) is 0 Å². The molecule has 1 aliphatic carbocycles. The van der Waals surface area contributed by atoms with Gasteiger partial charge in [-0.2, -0.15) is 0 Å². The third-order valence-electron chi connectivity index (χ3n) is 4.17. The van der Waals surface area contributed by atoms with Gasteiger partial charge in [-0.1, -0.05) is 13.8 Å². The van der Waals surface area contributed by atoms with Crippen LogP contribution in [0.1, 0.15) is 33.1 Å². The Labute approximate surface area is 118 Å². The first-order valence-corrected chi connectivity index (χ1v) is 8.02. The van der Waals surface area contributed by atoms with E-state index in [1.165, 1.54) is 16.7 Å². The summed E-state index contributed by atoms with van der Waals surface area (Å²) in [5.41, 5.74) is 0. The average Bonchev–Trinajstić information content (AvgIpc) is 2.82. The van der Waals surface area contributed by atoms with Crippen molar-refractivity contribution in [2.45, 2.75) is 45.2 Å². The molecule has 6 heteroatoms. The topological polar surface area (TPSA) is 69.6 Å². The van der Waals surface area contributed by atoms with Crippen molar-refractivity contribution in [1.82, 2.24) is 10.2 Å². The standard InChI is InChI=1S/C13H22N2O3S/c1-8-3-4-10(9(2)5-8)14-13(18)15-7-19-6-11(15)12(16)17/h8-11H,3-7H2,1-2H3,(H,14,18)(H,16,17)/t8?,9?,10?,11-/m0/s1. The first-order valence-electron chi connectivity index (χ1n) is 6.86. The number of nitrogens with zero attached hydrogens (tertiary/aromatic N) is 1. The van der Waals surface area contributed by atoms with Gasteiger partial charge in [0.25, 0.3) is 0 Å². The van der Waals surface area contributed by atoms with Crippen LogP contribution in [0.15, 0.2) is 0 Å². The average molecular weight is 286 g/mol. The summed E-state index contributed by atoms with van der Waals surface area (Å²) < 4.78 is 0. The molecule has 0 radical (unpaired) electrons. The van der Waals surface area contributed by atoms with E-state index in [4.69, 9.17) is 5.11 Å². The maximum atomic E-state index is 12.2. The van der Waals surface area contributed by atoms with E-state index in [1.54, 1.807) is 0 Å². The molecule has 0 bridgehead atoms. The summed E-state index contributed by atoms with van der Waals surface area (Å²) >= 11 is 1.49. The van der Waals surface area contributed by atoms with Gasteiger partial charge in [0.2, 0.25) is 0 Å². The molecular weight excluding hydrogens is 264 g/mol. The highest BCUT2D eigenvalue weighted by Crippen LogP contribution is 2.29. The molecule has 0 aromatic heterocycles. The number of carboxylic acid groups (broad SMARTS) is 1. The number of carbonyl (C=O) groups is 2. The van der Waals surface area contributed by atoms with E-state index in [0.717, 1.165) is 25.2 Å². The number of hydrogen-bond acceptors (Lipinski definition) is 3. The van der Waals surface area contributed by atoms with Gasteiger partial charge in [-0.25, -0.2) is 9.59 Å². The normalized spacial score (nSPS) is 35.2. The Bertz CT molecular complexity index is 364. The van der Waals surface area contributed by atoms with Gasteiger partial charge in [-0.05, 0) is 31.1 Å². The van der Waals surface area contributed by atoms with E-state index >= 15 is 0 Å². The lowest BCUT2D eigenvalue weighted by Gasteiger charge is -2.34. The first kappa shape index (κ1) is 14.5. The number of nitrogens with one attached hydrogen (secondary N) is 1. The number of carbonyl (C=O) groups excluding carboxylic acids is 1. The van der Waals surface area contributed by atoms with E-state index in [2.05, 4.69) is 19.2 Å². The van der Waals surface area contributed by atoms with Crippen LogP contribution in [-0.4, -0.2) is 45.7 Å². The summed E-state index contributed by atoms with van der Waals surface area (Å²) in [5, 5.41) is 12.1. The molecule has 19 heavy (non-hydrogen) atoms. The summed E-state index contributed by atoms with van der Waals surface area (Å²) in [6.45, 7) is 4.40. The molecule has 2 amide bonds. The van der Waals surface area contributed by atoms with Crippen LogP contribution in [0.2, 0.25) is 0 Å². The molecule has 2 N–H and O–H groups in total. The van der Waals surface area contributed by atoms with Gasteiger partial charge < -0.3 is 15.3 Å². The van der Waals surface area contributed by atoms with Crippen molar-refractivity contribution in [3.8, 4) is 0 Å². The summed E-state index contributed by atoms with van der Waals surface area (Å²) in [4.78, 5) is 24.7. The van der Waals surface area contributed by atoms with Crippen molar-refractivity contribution in [2.24, 2.45) is 11.8 Å². The second-order valence-corrected chi connectivity index (χ2v) is 6.77. The summed E-state index contributed by atoms with van der Waals surface area (Å²) in [5.74, 6) is 1.23. The highest BCUT2D eigenvalue weighted by molar-refractivity contribution is 7.99. The minimum atomic E-state index is -0.912. The molecule has 2 aliphatic rings. The van der Waals surface area contributed by atoms with Gasteiger partial charge >= 0.3 is 12.0 Å². The van der Waals surface area contributed by atoms with Crippen LogP contribution in [0.3, 0.4) is 0 Å². The quantitative estimate of drug-likeness (QED) is 0.814. The van der Waals surface area contributed by atoms with E-state index < -0.39 is 12.0 Å². The molecule has 3 unspecified atom stereocenters. The molecule has 5 nitrogen and oxygen atoms in total. The Balaban J connectivity index is 1.92. The highest BCUT2D eigenvalue weighted by Gasteiger charge is 2.36. The summed E-state index contributed by atoms with van der Waals surface area (Å²) in [6, 6.07) is -0.713. The van der Waals surface area contributed by atoms with Crippen molar-refractivity contribution in [2.75, 3.05) is 11.6 Å². The maximum Gasteiger partial charge on any atom is 0.327 e. The highest BCUT2D eigenvalue weighted by atomic mass is 32.2. The van der Waals surface area contributed by atoms with E-state index in [-0.39, 0.29) is 12.1 Å². The number of carboxylic acids is 1. The van der Waals surface area contributed by atoms with Crippen molar-refractivity contribution in [1.29, 1.82) is 0 Å². The third kappa shape index (κ3) is 3.35. The molecule has 108 valence electrons. The van der Waals surface area contributed by atoms with Crippen molar-refractivity contribution in [3.05, 3.63) is 0 Å². The second kappa shape index (κ2) is 6.03. The van der Waals surface area contributed by atoms with E-state index in [1.807, 2.05) is 0 Å². The fourth-order valence-corrected chi connectivity index (χ4v) is 4.11. The Morgan fingerprint density at radius 2 is 2.05 bits per heavy atom. The molecule has 1 aliphatic heterocycles. The summed E-state index contributed by atoms with van der Waals surface area (Å²) in [6.07, 6.45) is 3.25. The van der Waals surface area contributed by atoms with E-state index in [9.17, 15) is 9.59 Å².